The fraction of sp³-hybridized carbons (Fsp3) is 0.125. The van der Waals surface area contributed by atoms with Crippen molar-refractivity contribution in [2.45, 2.75) is 20.5 Å². The summed E-state index contributed by atoms with van der Waals surface area (Å²) < 4.78 is 17.2. The van der Waals surface area contributed by atoms with Gasteiger partial charge in [0.05, 0.1) is 5.39 Å². The molecule has 4 rings (SSSR count). The van der Waals surface area contributed by atoms with E-state index >= 15 is 0 Å². The van der Waals surface area contributed by atoms with Crippen LogP contribution in [-0.2, 0) is 6.61 Å². The molecule has 30 heavy (non-hydrogen) atoms. The van der Waals surface area contributed by atoms with Gasteiger partial charge in [-0.15, -0.1) is 0 Å². The third-order valence-corrected chi connectivity index (χ3v) is 5.67. The van der Waals surface area contributed by atoms with Gasteiger partial charge in [0.1, 0.15) is 30.0 Å². The van der Waals surface area contributed by atoms with Crippen molar-refractivity contribution in [2.24, 2.45) is 0 Å². The van der Waals surface area contributed by atoms with Crippen LogP contribution < -0.4 is 14.9 Å². The molecule has 0 N–H and O–H groups in total. The molecule has 4 aromatic rings. The van der Waals surface area contributed by atoms with E-state index < -0.39 is 0 Å². The minimum atomic E-state index is -0.265. The van der Waals surface area contributed by atoms with E-state index in [9.17, 15) is 4.79 Å². The molecule has 0 unspecified atom stereocenters. The van der Waals surface area contributed by atoms with E-state index in [1.807, 2.05) is 38.1 Å². The normalized spacial score (nSPS) is 10.9. The third kappa shape index (κ3) is 4.16. The minimum absolute atomic E-state index is 0.105. The monoisotopic (exact) mass is 440 g/mol. The first-order valence-corrected chi connectivity index (χ1v) is 10.0. The van der Waals surface area contributed by atoms with Crippen LogP contribution in [0.15, 0.2) is 70.1 Å². The van der Waals surface area contributed by atoms with Crippen LogP contribution in [0.4, 0.5) is 0 Å². The van der Waals surface area contributed by atoms with Crippen molar-refractivity contribution in [1.29, 1.82) is 0 Å². The quantitative estimate of drug-likeness (QED) is 0.332. The third-order valence-electron chi connectivity index (χ3n) is 4.70. The van der Waals surface area contributed by atoms with Gasteiger partial charge in [0.25, 0.3) is 0 Å². The van der Waals surface area contributed by atoms with E-state index in [4.69, 9.17) is 37.1 Å². The number of halogens is 2. The van der Waals surface area contributed by atoms with E-state index in [-0.39, 0.29) is 11.2 Å². The van der Waals surface area contributed by atoms with Crippen LogP contribution in [0.2, 0.25) is 10.0 Å². The second-order valence-corrected chi connectivity index (χ2v) is 7.73. The molecule has 0 saturated carbocycles. The van der Waals surface area contributed by atoms with Gasteiger partial charge >= 0.3 is 0 Å². The predicted octanol–water partition coefficient (Wildman–Crippen LogP) is 7.09. The van der Waals surface area contributed by atoms with Crippen LogP contribution >= 0.6 is 23.2 Å². The highest BCUT2D eigenvalue weighted by Crippen LogP contribution is 2.29. The zero-order valence-corrected chi connectivity index (χ0v) is 17.9. The standard InChI is InChI=1S/C24H18Cl2O4/c1-14-9-18(10-15(2)23(14)26)30-22-13-29-21-11-17(7-8-19(21)24(22)27)28-12-16-5-3-4-6-20(16)25/h3-11,13H,12H2,1-2H3. The molecule has 0 fully saturated rings. The lowest BCUT2D eigenvalue weighted by molar-refractivity contribution is 0.306. The van der Waals surface area contributed by atoms with Crippen molar-refractivity contribution in [2.75, 3.05) is 0 Å². The van der Waals surface area contributed by atoms with Gasteiger partial charge in [0.15, 0.2) is 0 Å². The fourth-order valence-electron chi connectivity index (χ4n) is 3.12. The van der Waals surface area contributed by atoms with Crippen molar-refractivity contribution in [3.8, 4) is 17.2 Å². The van der Waals surface area contributed by atoms with Gasteiger partial charge in [-0.2, -0.15) is 0 Å². The van der Waals surface area contributed by atoms with Crippen LogP contribution in [-0.4, -0.2) is 0 Å². The second kappa shape index (κ2) is 8.42. The SMILES string of the molecule is Cc1cc(Oc2coc3cc(OCc4ccccc4Cl)ccc3c2=O)cc(C)c1Cl. The number of rotatable bonds is 5. The Kier molecular flexibility index (Phi) is 5.71. The highest BCUT2D eigenvalue weighted by molar-refractivity contribution is 6.32. The first-order chi connectivity index (χ1) is 14.4. The molecular formula is C24H18Cl2O4. The Bertz CT molecular complexity index is 1270. The molecule has 4 nitrogen and oxygen atoms in total. The summed E-state index contributed by atoms with van der Waals surface area (Å²) in [5, 5.41) is 1.72. The average molecular weight is 441 g/mol. The molecular weight excluding hydrogens is 423 g/mol. The van der Waals surface area contributed by atoms with Crippen LogP contribution in [0.25, 0.3) is 11.0 Å². The molecule has 0 aliphatic heterocycles. The largest absolute Gasteiger partial charge is 0.489 e. The molecule has 152 valence electrons. The molecule has 1 heterocycles. The lowest BCUT2D eigenvalue weighted by Crippen LogP contribution is -2.05. The maximum Gasteiger partial charge on any atom is 0.235 e. The van der Waals surface area contributed by atoms with Gasteiger partial charge < -0.3 is 13.9 Å². The number of aryl methyl sites for hydroxylation is 2. The molecule has 0 aliphatic rings. The Morgan fingerprint density at radius 3 is 2.40 bits per heavy atom. The maximum absolute atomic E-state index is 12.8. The lowest BCUT2D eigenvalue weighted by atomic mass is 10.1. The minimum Gasteiger partial charge on any atom is -0.489 e. The summed E-state index contributed by atoms with van der Waals surface area (Å²) in [6, 6.07) is 16.1. The van der Waals surface area contributed by atoms with Gasteiger partial charge in [-0.25, -0.2) is 0 Å². The highest BCUT2D eigenvalue weighted by atomic mass is 35.5. The molecule has 0 radical (unpaired) electrons. The van der Waals surface area contributed by atoms with Gasteiger partial charge in [-0.3, -0.25) is 4.79 Å². The number of ether oxygens (including phenoxy) is 2. The van der Waals surface area contributed by atoms with E-state index in [1.165, 1.54) is 6.26 Å². The summed E-state index contributed by atoms with van der Waals surface area (Å²) >= 11 is 12.4. The summed E-state index contributed by atoms with van der Waals surface area (Å²) in [4.78, 5) is 12.8. The zero-order valence-electron chi connectivity index (χ0n) is 16.4. The van der Waals surface area contributed by atoms with E-state index in [2.05, 4.69) is 0 Å². The Morgan fingerprint density at radius 1 is 0.933 bits per heavy atom. The number of hydrogen-bond donors (Lipinski definition) is 0. The molecule has 0 atom stereocenters. The first kappa shape index (κ1) is 20.3. The van der Waals surface area contributed by atoms with E-state index in [0.29, 0.717) is 39.1 Å². The van der Waals surface area contributed by atoms with Gasteiger partial charge in [0, 0.05) is 21.7 Å². The molecule has 0 saturated heterocycles. The zero-order chi connectivity index (χ0) is 21.3. The van der Waals surface area contributed by atoms with Crippen LogP contribution in [0.5, 0.6) is 17.2 Å². The predicted molar refractivity (Wildman–Crippen MR) is 119 cm³/mol. The highest BCUT2D eigenvalue weighted by Gasteiger charge is 2.12. The first-order valence-electron chi connectivity index (χ1n) is 9.29. The maximum atomic E-state index is 12.8. The van der Waals surface area contributed by atoms with Crippen LogP contribution in [0.1, 0.15) is 16.7 Å². The van der Waals surface area contributed by atoms with Gasteiger partial charge in [-0.1, -0.05) is 41.4 Å². The summed E-state index contributed by atoms with van der Waals surface area (Å²) in [5.41, 5.74) is 2.76. The molecule has 3 aromatic carbocycles. The summed E-state index contributed by atoms with van der Waals surface area (Å²) in [6.07, 6.45) is 1.31. The Labute approximate surface area is 183 Å². The van der Waals surface area contributed by atoms with E-state index in [0.717, 1.165) is 16.7 Å². The lowest BCUT2D eigenvalue weighted by Gasteiger charge is -2.10. The van der Waals surface area contributed by atoms with Crippen molar-refractivity contribution < 1.29 is 13.9 Å². The Hall–Kier alpha value is -2.95. The van der Waals surface area contributed by atoms with Crippen molar-refractivity contribution in [3.63, 3.8) is 0 Å². The second-order valence-electron chi connectivity index (χ2n) is 6.94. The van der Waals surface area contributed by atoms with Crippen molar-refractivity contribution in [1.82, 2.24) is 0 Å². The Balaban J connectivity index is 1.58. The van der Waals surface area contributed by atoms with Gasteiger partial charge in [-0.05, 0) is 55.3 Å². The molecule has 0 aliphatic carbocycles. The van der Waals surface area contributed by atoms with Crippen LogP contribution in [0.3, 0.4) is 0 Å². The molecule has 0 amide bonds. The smallest absolute Gasteiger partial charge is 0.235 e. The van der Waals surface area contributed by atoms with Crippen LogP contribution in [0, 0.1) is 13.8 Å². The molecule has 1 aromatic heterocycles. The molecule has 6 heteroatoms. The summed E-state index contributed by atoms with van der Waals surface area (Å²) in [5.74, 6) is 1.21. The number of fused-ring (bicyclic) bond motifs is 1. The average Bonchev–Trinajstić information content (AvgIpc) is 2.73. The van der Waals surface area contributed by atoms with E-state index in [1.54, 1.807) is 30.3 Å². The fourth-order valence-corrected chi connectivity index (χ4v) is 3.42. The number of benzene rings is 3. The Morgan fingerprint density at radius 2 is 1.67 bits per heavy atom. The summed E-state index contributed by atoms with van der Waals surface area (Å²) in [7, 11) is 0. The molecule has 0 bridgehead atoms. The topological polar surface area (TPSA) is 48.7 Å². The van der Waals surface area contributed by atoms with Gasteiger partial charge in [0.2, 0.25) is 11.2 Å². The molecule has 0 spiro atoms. The van der Waals surface area contributed by atoms with Crippen molar-refractivity contribution >= 4 is 34.2 Å². The number of hydrogen-bond acceptors (Lipinski definition) is 4. The summed E-state index contributed by atoms with van der Waals surface area (Å²) in [6.45, 7) is 4.08. The van der Waals surface area contributed by atoms with Crippen molar-refractivity contribution in [3.05, 3.63) is 97.8 Å².